The highest BCUT2D eigenvalue weighted by Gasteiger charge is 2.34. The molecule has 4 atom stereocenters. The zero-order valence-corrected chi connectivity index (χ0v) is 19.6. The highest BCUT2D eigenvalue weighted by Crippen LogP contribution is 2.18. The minimum Gasteiger partial charge on any atom is -0.388 e. The molecule has 1 aromatic carbocycles. The van der Waals surface area contributed by atoms with Crippen LogP contribution < -0.4 is 15.4 Å². The SMILES string of the molecule is CC(=O)N[C@@H](CC#N)[C@@H](O)[C@H](O)[C@@H](Cc1ccccc1)NC(=O)c1csc(NS(C)(=O)=O)n1. The summed E-state index contributed by atoms with van der Waals surface area (Å²) in [6.45, 7) is 1.22. The second-order valence-corrected chi connectivity index (χ2v) is 9.94. The molecule has 0 unspecified atom stereocenters. The second-order valence-electron chi connectivity index (χ2n) is 7.33. The Labute approximate surface area is 195 Å². The van der Waals surface area contributed by atoms with E-state index >= 15 is 0 Å². The van der Waals surface area contributed by atoms with Gasteiger partial charge in [0, 0.05) is 12.3 Å². The van der Waals surface area contributed by atoms with Gasteiger partial charge < -0.3 is 20.8 Å². The Morgan fingerprint density at radius 1 is 1.15 bits per heavy atom. The summed E-state index contributed by atoms with van der Waals surface area (Å²) in [7, 11) is -3.57. The molecule has 0 saturated carbocycles. The quantitative estimate of drug-likeness (QED) is 0.288. The smallest absolute Gasteiger partial charge is 0.271 e. The fourth-order valence-electron chi connectivity index (χ4n) is 3.04. The van der Waals surface area contributed by atoms with Crippen molar-refractivity contribution in [2.45, 2.75) is 44.1 Å². The maximum Gasteiger partial charge on any atom is 0.271 e. The van der Waals surface area contributed by atoms with Gasteiger partial charge in [-0.1, -0.05) is 30.3 Å². The van der Waals surface area contributed by atoms with Crippen molar-refractivity contribution >= 4 is 38.3 Å². The van der Waals surface area contributed by atoms with Crippen LogP contribution in [0.4, 0.5) is 5.13 Å². The fourth-order valence-corrected chi connectivity index (χ4v) is 4.59. The number of amides is 2. The van der Waals surface area contributed by atoms with Gasteiger partial charge in [0.1, 0.15) is 17.9 Å². The number of benzene rings is 1. The summed E-state index contributed by atoms with van der Waals surface area (Å²) >= 11 is 0.911. The van der Waals surface area contributed by atoms with Gasteiger partial charge in [-0.15, -0.1) is 11.3 Å². The Hall–Kier alpha value is -3.05. The number of thiazole rings is 1. The van der Waals surface area contributed by atoms with E-state index in [0.717, 1.165) is 23.2 Å². The maximum atomic E-state index is 12.8. The molecule has 0 saturated heterocycles. The number of sulfonamides is 1. The van der Waals surface area contributed by atoms with Crippen molar-refractivity contribution in [3.05, 3.63) is 47.0 Å². The molecule has 0 spiro atoms. The Morgan fingerprint density at radius 3 is 2.36 bits per heavy atom. The predicted octanol–water partition coefficient (Wildman–Crippen LogP) is -0.00412. The number of anilines is 1. The van der Waals surface area contributed by atoms with E-state index in [0.29, 0.717) is 0 Å². The summed E-state index contributed by atoms with van der Waals surface area (Å²) in [6.07, 6.45) is -2.28. The lowest BCUT2D eigenvalue weighted by Crippen LogP contribution is -2.56. The van der Waals surface area contributed by atoms with Crippen LogP contribution in [0.1, 0.15) is 29.4 Å². The number of rotatable bonds is 11. The van der Waals surface area contributed by atoms with Crippen LogP contribution in [-0.2, 0) is 21.2 Å². The first kappa shape index (κ1) is 26.2. The number of nitrogens with one attached hydrogen (secondary N) is 3. The van der Waals surface area contributed by atoms with E-state index in [9.17, 15) is 28.2 Å². The van der Waals surface area contributed by atoms with E-state index in [1.807, 2.05) is 6.07 Å². The normalized spacial score (nSPS) is 14.9. The van der Waals surface area contributed by atoms with E-state index in [-0.39, 0.29) is 23.7 Å². The molecule has 1 aromatic heterocycles. The molecule has 178 valence electrons. The van der Waals surface area contributed by atoms with Crippen molar-refractivity contribution < 1.29 is 28.2 Å². The number of aliphatic hydroxyl groups excluding tert-OH is 2. The molecule has 0 aliphatic heterocycles. The zero-order chi connectivity index (χ0) is 24.6. The van der Waals surface area contributed by atoms with Gasteiger partial charge in [-0.05, 0) is 12.0 Å². The zero-order valence-electron chi connectivity index (χ0n) is 17.9. The lowest BCUT2D eigenvalue weighted by molar-refractivity contribution is -0.121. The molecule has 0 bridgehead atoms. The molecule has 0 radical (unpaired) electrons. The highest BCUT2D eigenvalue weighted by molar-refractivity contribution is 7.92. The summed E-state index contributed by atoms with van der Waals surface area (Å²) in [5.74, 6) is -1.19. The van der Waals surface area contributed by atoms with Gasteiger partial charge in [-0.25, -0.2) is 13.4 Å². The first-order chi connectivity index (χ1) is 15.5. The second kappa shape index (κ2) is 11.7. The molecule has 2 aromatic rings. The van der Waals surface area contributed by atoms with Crippen LogP contribution in [0, 0.1) is 11.3 Å². The molecule has 1 heterocycles. The Kier molecular flexibility index (Phi) is 9.30. The average molecular weight is 496 g/mol. The topological polar surface area (TPSA) is 182 Å². The highest BCUT2D eigenvalue weighted by atomic mass is 32.2. The molecule has 0 fully saturated rings. The lowest BCUT2D eigenvalue weighted by atomic mass is 9.93. The van der Waals surface area contributed by atoms with Crippen molar-refractivity contribution in [3.63, 3.8) is 0 Å². The maximum absolute atomic E-state index is 12.8. The molecular weight excluding hydrogens is 470 g/mol. The number of aliphatic hydroxyl groups is 2. The van der Waals surface area contributed by atoms with Gasteiger partial charge in [-0.3, -0.25) is 14.3 Å². The van der Waals surface area contributed by atoms with Crippen molar-refractivity contribution in [2.24, 2.45) is 0 Å². The minimum atomic E-state index is -3.57. The molecule has 11 nitrogen and oxygen atoms in total. The Balaban J connectivity index is 2.25. The molecular formula is C20H25N5O6S2. The Morgan fingerprint density at radius 2 is 1.79 bits per heavy atom. The molecule has 33 heavy (non-hydrogen) atoms. The number of aromatic nitrogens is 1. The van der Waals surface area contributed by atoms with Crippen LogP contribution in [-0.4, -0.2) is 66.0 Å². The first-order valence-corrected chi connectivity index (χ1v) is 12.6. The first-order valence-electron chi connectivity index (χ1n) is 9.78. The van der Waals surface area contributed by atoms with Crippen molar-refractivity contribution in [2.75, 3.05) is 11.0 Å². The third-order valence-electron chi connectivity index (χ3n) is 4.50. The molecule has 0 aliphatic rings. The summed E-state index contributed by atoms with van der Waals surface area (Å²) in [5.41, 5.74) is 0.671. The molecule has 0 aliphatic carbocycles. The van der Waals surface area contributed by atoms with Gasteiger partial charge >= 0.3 is 0 Å². The van der Waals surface area contributed by atoms with E-state index in [2.05, 4.69) is 20.3 Å². The van der Waals surface area contributed by atoms with E-state index in [4.69, 9.17) is 5.26 Å². The third kappa shape index (κ3) is 8.43. The van der Waals surface area contributed by atoms with Crippen LogP contribution in [0.5, 0.6) is 0 Å². The predicted molar refractivity (Wildman–Crippen MR) is 122 cm³/mol. The average Bonchev–Trinajstić information content (AvgIpc) is 3.19. The van der Waals surface area contributed by atoms with Crippen LogP contribution in [0.15, 0.2) is 35.7 Å². The van der Waals surface area contributed by atoms with Gasteiger partial charge in [0.25, 0.3) is 5.91 Å². The summed E-state index contributed by atoms with van der Waals surface area (Å²) in [5, 5.41) is 36.9. The van der Waals surface area contributed by atoms with E-state index in [1.54, 1.807) is 30.3 Å². The van der Waals surface area contributed by atoms with Crippen molar-refractivity contribution in [1.29, 1.82) is 5.26 Å². The van der Waals surface area contributed by atoms with Gasteiger partial charge in [0.05, 0.1) is 30.8 Å². The largest absolute Gasteiger partial charge is 0.388 e. The van der Waals surface area contributed by atoms with Gasteiger partial charge in [0.15, 0.2) is 5.13 Å². The van der Waals surface area contributed by atoms with Crippen molar-refractivity contribution in [1.82, 2.24) is 15.6 Å². The van der Waals surface area contributed by atoms with Gasteiger partial charge in [-0.2, -0.15) is 5.26 Å². The van der Waals surface area contributed by atoms with Gasteiger partial charge in [0.2, 0.25) is 15.9 Å². The van der Waals surface area contributed by atoms with Crippen molar-refractivity contribution in [3.8, 4) is 6.07 Å². The van der Waals surface area contributed by atoms with E-state index in [1.165, 1.54) is 12.3 Å². The minimum absolute atomic E-state index is 0.00239. The molecule has 2 rings (SSSR count). The number of nitrogens with zero attached hydrogens (tertiary/aromatic N) is 2. The summed E-state index contributed by atoms with van der Waals surface area (Å²) in [6, 6.07) is 8.67. The van der Waals surface area contributed by atoms with Crippen LogP contribution >= 0.6 is 11.3 Å². The lowest BCUT2D eigenvalue weighted by Gasteiger charge is -2.31. The number of hydrogen-bond donors (Lipinski definition) is 5. The number of carbonyl (C=O) groups is 2. The molecule has 5 N–H and O–H groups in total. The van der Waals surface area contributed by atoms with Crippen LogP contribution in [0.3, 0.4) is 0 Å². The van der Waals surface area contributed by atoms with Crippen LogP contribution in [0.2, 0.25) is 0 Å². The Bertz CT molecular complexity index is 1100. The fraction of sp³-hybridized carbons (Fsp3) is 0.400. The monoisotopic (exact) mass is 495 g/mol. The summed E-state index contributed by atoms with van der Waals surface area (Å²) in [4.78, 5) is 28.1. The van der Waals surface area contributed by atoms with Crippen LogP contribution in [0.25, 0.3) is 0 Å². The van der Waals surface area contributed by atoms with E-state index < -0.39 is 46.1 Å². The molecule has 2 amide bonds. The standard InChI is InChI=1S/C20H25N5O6S2/c1-12(26)22-14(8-9-21)17(27)18(28)15(10-13-6-4-3-5-7-13)23-19(29)16-11-32-20(24-16)25-33(2,30)31/h3-7,11,14-15,17-18,27-28H,8,10H2,1-2H3,(H,22,26)(H,23,29)(H,24,25)/t14-,15+,17+,18+/m0/s1. The third-order valence-corrected chi connectivity index (χ3v) is 5.95. The summed E-state index contributed by atoms with van der Waals surface area (Å²) < 4.78 is 24.9. The number of carbonyl (C=O) groups excluding carboxylic acids is 2. The number of hydrogen-bond acceptors (Lipinski definition) is 9. The number of nitriles is 1. The molecule has 13 heteroatoms.